The van der Waals surface area contributed by atoms with Crippen LogP contribution in [0.25, 0.3) is 11.2 Å². The molecule has 0 saturated heterocycles. The molecule has 0 unspecified atom stereocenters. The molecule has 0 radical (unpaired) electrons. The highest BCUT2D eigenvalue weighted by molar-refractivity contribution is 7.99. The molecule has 1 saturated carbocycles. The number of fused-ring (bicyclic) bond motifs is 1. The third-order valence-electron chi connectivity index (χ3n) is 3.48. The molecule has 1 fully saturated rings. The van der Waals surface area contributed by atoms with Crippen molar-refractivity contribution in [2.24, 2.45) is 0 Å². The lowest BCUT2D eigenvalue weighted by Crippen LogP contribution is -2.03. The number of nitrogens with zero attached hydrogens (tertiary/aromatic N) is 5. The van der Waals surface area contributed by atoms with E-state index in [1.54, 1.807) is 6.33 Å². The summed E-state index contributed by atoms with van der Waals surface area (Å²) in [6.07, 6.45) is 5.41. The topological polar surface area (TPSA) is 106 Å². The Labute approximate surface area is 124 Å². The number of anilines is 1. The Morgan fingerprint density at radius 2 is 2.05 bits per heavy atom. The summed E-state index contributed by atoms with van der Waals surface area (Å²) in [5.41, 5.74) is 8.36. The minimum absolute atomic E-state index is 0.463. The van der Waals surface area contributed by atoms with Gasteiger partial charge in [-0.3, -0.25) is 0 Å². The van der Waals surface area contributed by atoms with Gasteiger partial charge in [-0.05, 0) is 31.5 Å². The molecule has 0 bridgehead atoms. The average Bonchev–Trinajstić information content (AvgIpc) is 3.21. The van der Waals surface area contributed by atoms with Gasteiger partial charge < -0.3 is 10.7 Å². The van der Waals surface area contributed by atoms with Gasteiger partial charge in [0.05, 0.1) is 6.33 Å². The van der Waals surface area contributed by atoms with Gasteiger partial charge in [0.1, 0.15) is 33.5 Å². The first-order valence-corrected chi connectivity index (χ1v) is 7.50. The largest absolute Gasteiger partial charge is 0.383 e. The van der Waals surface area contributed by atoms with Gasteiger partial charge in [-0.25, -0.2) is 24.9 Å². The molecule has 3 aromatic rings. The Morgan fingerprint density at radius 3 is 2.86 bits per heavy atom. The second kappa shape index (κ2) is 4.66. The number of H-pyrrole nitrogens is 1. The summed E-state index contributed by atoms with van der Waals surface area (Å²) in [5.74, 6) is 1.85. The average molecular weight is 299 g/mol. The van der Waals surface area contributed by atoms with E-state index in [9.17, 15) is 0 Å². The number of nitrogens with two attached hydrogens (primary N) is 1. The van der Waals surface area contributed by atoms with Gasteiger partial charge in [-0.1, -0.05) is 0 Å². The second-order valence-corrected chi connectivity index (χ2v) is 6.03. The van der Waals surface area contributed by atoms with Crippen molar-refractivity contribution in [1.82, 2.24) is 29.9 Å². The molecule has 1 aliphatic carbocycles. The van der Waals surface area contributed by atoms with Gasteiger partial charge in [-0.15, -0.1) is 0 Å². The molecular weight excluding hydrogens is 286 g/mol. The first kappa shape index (κ1) is 12.5. The quantitative estimate of drug-likeness (QED) is 0.713. The van der Waals surface area contributed by atoms with E-state index in [0.717, 1.165) is 39.8 Å². The van der Waals surface area contributed by atoms with Gasteiger partial charge in [0.2, 0.25) is 0 Å². The number of aromatic amines is 1. The fourth-order valence-corrected chi connectivity index (χ4v) is 3.00. The lowest BCUT2D eigenvalue weighted by molar-refractivity contribution is 0.867. The van der Waals surface area contributed by atoms with Crippen molar-refractivity contribution in [3.8, 4) is 0 Å². The highest BCUT2D eigenvalue weighted by atomic mass is 32.2. The molecule has 0 aliphatic heterocycles. The maximum absolute atomic E-state index is 6.02. The van der Waals surface area contributed by atoms with Crippen molar-refractivity contribution in [3.63, 3.8) is 0 Å². The molecule has 0 atom stereocenters. The summed E-state index contributed by atoms with van der Waals surface area (Å²) in [5, 5.41) is 1.64. The molecule has 0 spiro atoms. The van der Waals surface area contributed by atoms with Crippen LogP contribution < -0.4 is 5.73 Å². The van der Waals surface area contributed by atoms with Crippen molar-refractivity contribution < 1.29 is 0 Å². The number of hydrogen-bond donors (Lipinski definition) is 2. The zero-order valence-corrected chi connectivity index (χ0v) is 12.2. The van der Waals surface area contributed by atoms with Crippen LogP contribution >= 0.6 is 11.8 Å². The van der Waals surface area contributed by atoms with E-state index < -0.39 is 0 Å². The first-order valence-electron chi connectivity index (χ1n) is 6.68. The van der Waals surface area contributed by atoms with Crippen LogP contribution in [0.5, 0.6) is 0 Å². The van der Waals surface area contributed by atoms with E-state index in [2.05, 4.69) is 29.9 Å². The number of imidazole rings is 1. The van der Waals surface area contributed by atoms with Crippen molar-refractivity contribution in [3.05, 3.63) is 24.0 Å². The molecule has 3 aromatic heterocycles. The van der Waals surface area contributed by atoms with Crippen LogP contribution in [0, 0.1) is 6.92 Å². The highest BCUT2D eigenvalue weighted by Gasteiger charge is 2.28. The van der Waals surface area contributed by atoms with Crippen LogP contribution in [0.3, 0.4) is 0 Å². The van der Waals surface area contributed by atoms with E-state index in [1.165, 1.54) is 18.1 Å². The van der Waals surface area contributed by atoms with E-state index in [1.807, 2.05) is 6.92 Å². The van der Waals surface area contributed by atoms with Gasteiger partial charge in [-0.2, -0.15) is 0 Å². The Bertz CT molecular complexity index is 824. The van der Waals surface area contributed by atoms with Crippen molar-refractivity contribution >= 4 is 28.7 Å². The zero-order valence-electron chi connectivity index (χ0n) is 11.4. The molecule has 0 amide bonds. The van der Waals surface area contributed by atoms with Gasteiger partial charge in [0, 0.05) is 11.5 Å². The summed E-state index contributed by atoms with van der Waals surface area (Å²) in [7, 11) is 0. The minimum Gasteiger partial charge on any atom is -0.383 e. The highest BCUT2D eigenvalue weighted by Crippen LogP contribution is 2.40. The Morgan fingerprint density at radius 1 is 1.19 bits per heavy atom. The standard InChI is InChI=1S/C13H13N7S/c1-6-9(14)19-10(7-2-3-7)20-12(6)21-13-8-11(16-4-15-8)17-5-18-13/h4-5,7H,2-3H2,1H3,(H2,14,19,20)(H,15,16,17,18). The predicted molar refractivity (Wildman–Crippen MR) is 79.0 cm³/mol. The van der Waals surface area contributed by atoms with Crippen LogP contribution in [0.15, 0.2) is 22.7 Å². The van der Waals surface area contributed by atoms with Crippen molar-refractivity contribution in [2.75, 3.05) is 5.73 Å². The SMILES string of the molecule is Cc1c(N)nc(C2CC2)nc1Sc1ncnc2nc[nH]c12. The maximum atomic E-state index is 6.02. The molecule has 0 aromatic carbocycles. The lowest BCUT2D eigenvalue weighted by Gasteiger charge is -2.09. The summed E-state index contributed by atoms with van der Waals surface area (Å²) in [4.78, 5) is 24.7. The molecule has 21 heavy (non-hydrogen) atoms. The van der Waals surface area contributed by atoms with Gasteiger partial charge in [0.15, 0.2) is 5.65 Å². The molecule has 3 heterocycles. The Balaban J connectivity index is 1.78. The smallest absolute Gasteiger partial charge is 0.181 e. The second-order valence-electron chi connectivity index (χ2n) is 5.05. The number of hydrogen-bond acceptors (Lipinski definition) is 7. The number of nitrogen functional groups attached to an aromatic ring is 1. The third-order valence-corrected chi connectivity index (χ3v) is 4.57. The van der Waals surface area contributed by atoms with Crippen LogP contribution in [0.2, 0.25) is 0 Å². The van der Waals surface area contributed by atoms with Crippen LogP contribution in [-0.2, 0) is 0 Å². The van der Waals surface area contributed by atoms with Crippen LogP contribution in [-0.4, -0.2) is 29.9 Å². The van der Waals surface area contributed by atoms with Crippen LogP contribution in [0.4, 0.5) is 5.82 Å². The minimum atomic E-state index is 0.463. The summed E-state index contributed by atoms with van der Waals surface area (Å²) < 4.78 is 0. The molecule has 1 aliphatic rings. The van der Waals surface area contributed by atoms with E-state index in [0.29, 0.717) is 17.4 Å². The maximum Gasteiger partial charge on any atom is 0.181 e. The number of aromatic nitrogens is 6. The molecule has 8 heteroatoms. The fourth-order valence-electron chi connectivity index (χ4n) is 2.07. The number of nitrogens with one attached hydrogen (secondary N) is 1. The molecule has 106 valence electrons. The Hall–Kier alpha value is -2.22. The Kier molecular flexibility index (Phi) is 2.78. The van der Waals surface area contributed by atoms with Crippen molar-refractivity contribution in [1.29, 1.82) is 0 Å². The van der Waals surface area contributed by atoms with Gasteiger partial charge >= 0.3 is 0 Å². The third kappa shape index (κ3) is 2.21. The summed E-state index contributed by atoms with van der Waals surface area (Å²) >= 11 is 1.47. The number of rotatable bonds is 3. The predicted octanol–water partition coefficient (Wildman–Crippen LogP) is 2.06. The van der Waals surface area contributed by atoms with E-state index in [4.69, 9.17) is 5.73 Å². The van der Waals surface area contributed by atoms with Crippen LogP contribution in [0.1, 0.15) is 30.1 Å². The molecule has 7 nitrogen and oxygen atoms in total. The molecule has 4 rings (SSSR count). The normalized spacial score (nSPS) is 14.7. The lowest BCUT2D eigenvalue weighted by atomic mass is 10.3. The zero-order chi connectivity index (χ0) is 14.4. The summed E-state index contributed by atoms with van der Waals surface area (Å²) in [6.45, 7) is 1.93. The monoisotopic (exact) mass is 299 g/mol. The summed E-state index contributed by atoms with van der Waals surface area (Å²) in [6, 6.07) is 0. The molecule has 3 N–H and O–H groups in total. The fraction of sp³-hybridized carbons (Fsp3) is 0.308. The van der Waals surface area contributed by atoms with E-state index in [-0.39, 0.29) is 0 Å². The first-order chi connectivity index (χ1) is 10.2. The van der Waals surface area contributed by atoms with E-state index >= 15 is 0 Å². The van der Waals surface area contributed by atoms with Gasteiger partial charge in [0.25, 0.3) is 0 Å². The molecular formula is C13H13N7S. The van der Waals surface area contributed by atoms with Crippen molar-refractivity contribution in [2.45, 2.75) is 35.7 Å².